The smallest absolute Gasteiger partial charge is 0.260 e. The highest BCUT2D eigenvalue weighted by Crippen LogP contribution is 2.11. The van der Waals surface area contributed by atoms with Crippen molar-refractivity contribution in [2.24, 2.45) is 5.10 Å². The van der Waals surface area contributed by atoms with Crippen LogP contribution in [0, 0.1) is 0 Å². The van der Waals surface area contributed by atoms with Crippen molar-refractivity contribution in [2.45, 2.75) is 6.54 Å². The third-order valence-electron chi connectivity index (χ3n) is 3.28. The molecule has 114 valence electrons. The van der Waals surface area contributed by atoms with Crippen LogP contribution in [0.3, 0.4) is 0 Å². The average molecular weight is 304 g/mol. The van der Waals surface area contributed by atoms with E-state index in [2.05, 4.69) is 15.5 Å². The summed E-state index contributed by atoms with van der Waals surface area (Å²) in [6.07, 6.45) is 6.90. The zero-order chi connectivity index (χ0) is 15.9. The summed E-state index contributed by atoms with van der Waals surface area (Å²) >= 11 is 0. The summed E-state index contributed by atoms with van der Waals surface area (Å²) in [6, 6.07) is 17.6. The van der Waals surface area contributed by atoms with Gasteiger partial charge in [0.05, 0.1) is 17.4 Å². The molecule has 5 heteroatoms. The molecule has 0 aliphatic carbocycles. The van der Waals surface area contributed by atoms with Crippen molar-refractivity contribution >= 4 is 29.2 Å². The number of carbonyl (C=O) groups excluding carboxylic acids is 1. The van der Waals surface area contributed by atoms with E-state index in [4.69, 9.17) is 0 Å². The number of fused-ring (bicyclic) bond motifs is 1. The fraction of sp³-hybridized carbons (Fsp3) is 0.0556. The van der Waals surface area contributed by atoms with Gasteiger partial charge in [-0.15, -0.1) is 0 Å². The predicted molar refractivity (Wildman–Crippen MR) is 91.8 cm³/mol. The second-order valence-corrected chi connectivity index (χ2v) is 4.94. The van der Waals surface area contributed by atoms with Crippen molar-refractivity contribution in [3.8, 4) is 0 Å². The Hall–Kier alpha value is -3.21. The van der Waals surface area contributed by atoms with Crippen LogP contribution >= 0.6 is 0 Å². The van der Waals surface area contributed by atoms with Gasteiger partial charge in [-0.3, -0.25) is 4.79 Å². The molecule has 0 spiro atoms. The first-order valence-electron chi connectivity index (χ1n) is 7.26. The van der Waals surface area contributed by atoms with E-state index in [-0.39, 0.29) is 12.5 Å². The van der Waals surface area contributed by atoms with Crippen molar-refractivity contribution in [3.63, 3.8) is 0 Å². The minimum Gasteiger partial charge on any atom is -0.321 e. The molecule has 3 aromatic rings. The average Bonchev–Trinajstić information content (AvgIpc) is 2.99. The number of nitrogens with one attached hydrogen (secondary N) is 1. The number of carbonyl (C=O) groups is 1. The first-order chi connectivity index (χ1) is 11.3. The molecule has 0 fully saturated rings. The molecule has 3 rings (SSSR count). The molecule has 0 radical (unpaired) electrons. The van der Waals surface area contributed by atoms with E-state index >= 15 is 0 Å². The minimum atomic E-state index is -0.197. The van der Waals surface area contributed by atoms with Gasteiger partial charge in [0.15, 0.2) is 0 Å². The van der Waals surface area contributed by atoms with Gasteiger partial charge < -0.3 is 4.57 Å². The van der Waals surface area contributed by atoms with Crippen LogP contribution in [0.5, 0.6) is 0 Å². The zero-order valence-electron chi connectivity index (χ0n) is 12.5. The third kappa shape index (κ3) is 3.91. The van der Waals surface area contributed by atoms with Gasteiger partial charge in [-0.2, -0.15) is 5.10 Å². The number of allylic oxidation sites excluding steroid dienone is 1. The minimum absolute atomic E-state index is 0.181. The molecule has 1 amide bonds. The maximum absolute atomic E-state index is 11.9. The van der Waals surface area contributed by atoms with Crippen molar-refractivity contribution < 1.29 is 4.79 Å². The standard InChI is InChI=1S/C18H16N4O/c23-18(13-22-14-19-16-10-4-5-11-17(16)22)21-20-12-6-9-15-7-2-1-3-8-15/h1-12,14H,13H2,(H,21,23). The van der Waals surface area contributed by atoms with E-state index in [1.807, 2.05) is 60.7 Å². The third-order valence-corrected chi connectivity index (χ3v) is 3.28. The van der Waals surface area contributed by atoms with Gasteiger partial charge >= 0.3 is 0 Å². The number of hydrogen-bond acceptors (Lipinski definition) is 3. The van der Waals surface area contributed by atoms with Crippen LogP contribution < -0.4 is 5.43 Å². The number of amides is 1. The highest BCUT2D eigenvalue weighted by atomic mass is 16.2. The van der Waals surface area contributed by atoms with Crippen LogP contribution in [0.25, 0.3) is 17.1 Å². The summed E-state index contributed by atoms with van der Waals surface area (Å²) < 4.78 is 1.79. The lowest BCUT2D eigenvalue weighted by Crippen LogP contribution is -2.22. The fourth-order valence-electron chi connectivity index (χ4n) is 2.20. The Morgan fingerprint density at radius 2 is 1.91 bits per heavy atom. The van der Waals surface area contributed by atoms with Crippen molar-refractivity contribution in [3.05, 3.63) is 72.6 Å². The number of imidazole rings is 1. The lowest BCUT2D eigenvalue weighted by molar-refractivity contribution is -0.121. The highest BCUT2D eigenvalue weighted by Gasteiger charge is 2.05. The van der Waals surface area contributed by atoms with Gasteiger partial charge in [0.2, 0.25) is 0 Å². The molecule has 0 atom stereocenters. The number of nitrogens with zero attached hydrogens (tertiary/aromatic N) is 3. The summed E-state index contributed by atoms with van der Waals surface area (Å²) in [5.41, 5.74) is 5.38. The van der Waals surface area contributed by atoms with Crippen molar-refractivity contribution in [1.82, 2.24) is 15.0 Å². The Kier molecular flexibility index (Phi) is 4.59. The number of para-hydroxylation sites is 2. The Morgan fingerprint density at radius 3 is 2.78 bits per heavy atom. The maximum Gasteiger partial charge on any atom is 0.260 e. The summed E-state index contributed by atoms with van der Waals surface area (Å²) in [5.74, 6) is -0.197. The van der Waals surface area contributed by atoms with Crippen molar-refractivity contribution in [2.75, 3.05) is 0 Å². The quantitative estimate of drug-likeness (QED) is 0.582. The molecule has 0 bridgehead atoms. The largest absolute Gasteiger partial charge is 0.321 e. The molecule has 0 aliphatic rings. The van der Waals surface area contributed by atoms with Crippen LogP contribution in [-0.4, -0.2) is 21.7 Å². The summed E-state index contributed by atoms with van der Waals surface area (Å²) in [5, 5.41) is 3.90. The molecular formula is C18H16N4O. The van der Waals surface area contributed by atoms with Gasteiger partial charge in [0.1, 0.15) is 6.54 Å². The SMILES string of the molecule is O=C(Cn1cnc2ccccc21)NN=CC=Cc1ccccc1. The molecule has 23 heavy (non-hydrogen) atoms. The highest BCUT2D eigenvalue weighted by molar-refractivity contribution is 5.82. The molecule has 0 saturated heterocycles. The molecule has 0 saturated carbocycles. The molecule has 1 aromatic heterocycles. The monoisotopic (exact) mass is 304 g/mol. The van der Waals surface area contributed by atoms with Gasteiger partial charge in [-0.1, -0.05) is 48.5 Å². The summed E-state index contributed by atoms with van der Waals surface area (Å²) in [6.45, 7) is 0.181. The van der Waals surface area contributed by atoms with E-state index in [0.29, 0.717) is 0 Å². The van der Waals surface area contributed by atoms with Crippen LogP contribution in [-0.2, 0) is 11.3 Å². The van der Waals surface area contributed by atoms with E-state index in [0.717, 1.165) is 16.6 Å². The summed E-state index contributed by atoms with van der Waals surface area (Å²) in [7, 11) is 0. The number of hydrazone groups is 1. The van der Waals surface area contributed by atoms with Crippen molar-refractivity contribution in [1.29, 1.82) is 0 Å². The predicted octanol–water partition coefficient (Wildman–Crippen LogP) is 2.85. The van der Waals surface area contributed by atoms with Crippen LogP contribution in [0.2, 0.25) is 0 Å². The van der Waals surface area contributed by atoms with Crippen LogP contribution in [0.15, 0.2) is 72.1 Å². The second kappa shape index (κ2) is 7.17. The van der Waals surface area contributed by atoms with Gasteiger partial charge in [0.25, 0.3) is 5.91 Å². The topological polar surface area (TPSA) is 59.3 Å². The Bertz CT molecular complexity index is 850. The number of rotatable bonds is 5. The first kappa shape index (κ1) is 14.7. The molecule has 1 N–H and O–H groups in total. The van der Waals surface area contributed by atoms with E-state index in [9.17, 15) is 4.79 Å². The fourth-order valence-corrected chi connectivity index (χ4v) is 2.20. The Morgan fingerprint density at radius 1 is 1.13 bits per heavy atom. The van der Waals surface area contributed by atoms with Gasteiger partial charge in [-0.25, -0.2) is 10.4 Å². The Labute approximate surface area is 134 Å². The zero-order valence-corrected chi connectivity index (χ0v) is 12.5. The lowest BCUT2D eigenvalue weighted by atomic mass is 10.2. The molecule has 5 nitrogen and oxygen atoms in total. The van der Waals surface area contributed by atoms with Gasteiger partial charge in [0, 0.05) is 6.21 Å². The molecular weight excluding hydrogens is 288 g/mol. The maximum atomic E-state index is 11.9. The number of hydrogen-bond donors (Lipinski definition) is 1. The lowest BCUT2D eigenvalue weighted by Gasteiger charge is -2.02. The van der Waals surface area contributed by atoms with Crippen LogP contribution in [0.1, 0.15) is 5.56 Å². The Balaban J connectivity index is 1.53. The molecule has 2 aromatic carbocycles. The normalized spacial score (nSPS) is 11.5. The number of aromatic nitrogens is 2. The first-order valence-corrected chi connectivity index (χ1v) is 7.26. The number of benzene rings is 2. The van der Waals surface area contributed by atoms with E-state index < -0.39 is 0 Å². The molecule has 1 heterocycles. The van der Waals surface area contributed by atoms with E-state index in [1.165, 1.54) is 0 Å². The second-order valence-electron chi connectivity index (χ2n) is 4.94. The van der Waals surface area contributed by atoms with Crippen LogP contribution in [0.4, 0.5) is 0 Å². The molecule has 0 aliphatic heterocycles. The summed E-state index contributed by atoms with van der Waals surface area (Å²) in [4.78, 5) is 16.1. The molecule has 0 unspecified atom stereocenters. The van der Waals surface area contributed by atoms with E-state index in [1.54, 1.807) is 23.2 Å². The van der Waals surface area contributed by atoms with Gasteiger partial charge in [-0.05, 0) is 23.8 Å².